The Kier molecular flexibility index (Phi) is 15.2. The van der Waals surface area contributed by atoms with Gasteiger partial charge in [0.25, 0.3) is 0 Å². The minimum atomic E-state index is -1.24. The first-order valence-electron chi connectivity index (χ1n) is 8.87. The molecule has 0 unspecified atom stereocenters. The van der Waals surface area contributed by atoms with Crippen LogP contribution in [0.5, 0.6) is 0 Å². The number of aliphatic hydroxyl groups excluding tert-OH is 2. The SMILES string of the molecule is O=C(O)CCC[C@@H](O)\C=C/C=C/C=C/C(=O)C/C=C\CCCCC(O)O. The van der Waals surface area contributed by atoms with Crippen molar-refractivity contribution in [2.24, 2.45) is 0 Å². The third-order valence-corrected chi connectivity index (χ3v) is 3.41. The summed E-state index contributed by atoms with van der Waals surface area (Å²) in [5, 5.41) is 35.5. The Morgan fingerprint density at radius 2 is 1.58 bits per heavy atom. The largest absolute Gasteiger partial charge is 0.481 e. The molecule has 146 valence electrons. The Morgan fingerprint density at radius 3 is 2.27 bits per heavy atom. The van der Waals surface area contributed by atoms with Crippen LogP contribution in [0.25, 0.3) is 0 Å². The van der Waals surface area contributed by atoms with Crippen LogP contribution in [0.4, 0.5) is 0 Å². The van der Waals surface area contributed by atoms with Crippen LogP contribution in [0, 0.1) is 0 Å². The summed E-state index contributed by atoms with van der Waals surface area (Å²) in [5.41, 5.74) is 0. The lowest BCUT2D eigenvalue weighted by atomic mass is 10.1. The number of ketones is 1. The van der Waals surface area contributed by atoms with E-state index >= 15 is 0 Å². The van der Waals surface area contributed by atoms with Gasteiger partial charge in [0.05, 0.1) is 6.10 Å². The second-order valence-corrected chi connectivity index (χ2v) is 5.89. The highest BCUT2D eigenvalue weighted by molar-refractivity contribution is 5.90. The molecule has 0 aliphatic carbocycles. The number of hydrogen-bond acceptors (Lipinski definition) is 5. The molecule has 0 saturated carbocycles. The van der Waals surface area contributed by atoms with Crippen LogP contribution >= 0.6 is 0 Å². The number of carboxylic acids is 1. The van der Waals surface area contributed by atoms with Crippen molar-refractivity contribution in [3.05, 3.63) is 48.6 Å². The van der Waals surface area contributed by atoms with Crippen LogP contribution in [-0.2, 0) is 9.59 Å². The van der Waals surface area contributed by atoms with E-state index in [1.807, 2.05) is 6.08 Å². The van der Waals surface area contributed by atoms with Crippen LogP contribution in [-0.4, -0.2) is 44.6 Å². The fourth-order valence-electron chi connectivity index (χ4n) is 2.02. The summed E-state index contributed by atoms with van der Waals surface area (Å²) in [6.07, 6.45) is 15.5. The van der Waals surface area contributed by atoms with Crippen molar-refractivity contribution < 1.29 is 30.0 Å². The molecule has 0 fully saturated rings. The van der Waals surface area contributed by atoms with E-state index in [-0.39, 0.29) is 12.2 Å². The predicted octanol–water partition coefficient (Wildman–Crippen LogP) is 2.66. The van der Waals surface area contributed by atoms with Gasteiger partial charge in [-0.3, -0.25) is 9.59 Å². The van der Waals surface area contributed by atoms with Gasteiger partial charge in [-0.2, -0.15) is 0 Å². The molecule has 0 bridgehead atoms. The molecule has 26 heavy (non-hydrogen) atoms. The number of unbranched alkanes of at least 4 members (excludes halogenated alkanes) is 2. The maximum atomic E-state index is 11.6. The van der Waals surface area contributed by atoms with E-state index < -0.39 is 18.4 Å². The third kappa shape index (κ3) is 18.3. The van der Waals surface area contributed by atoms with Gasteiger partial charge in [-0.1, -0.05) is 42.5 Å². The van der Waals surface area contributed by atoms with Crippen LogP contribution < -0.4 is 0 Å². The molecule has 0 rings (SSSR count). The number of allylic oxidation sites excluding steroid dienone is 7. The summed E-state index contributed by atoms with van der Waals surface area (Å²) >= 11 is 0. The van der Waals surface area contributed by atoms with E-state index in [2.05, 4.69) is 0 Å². The molecule has 0 heterocycles. The molecule has 0 spiro atoms. The lowest BCUT2D eigenvalue weighted by molar-refractivity contribution is -0.137. The van der Waals surface area contributed by atoms with E-state index in [4.69, 9.17) is 15.3 Å². The first-order chi connectivity index (χ1) is 12.4. The van der Waals surface area contributed by atoms with E-state index in [9.17, 15) is 14.7 Å². The number of aliphatic carboxylic acids is 1. The number of carbonyl (C=O) groups excluding carboxylic acids is 1. The van der Waals surface area contributed by atoms with Crippen LogP contribution in [0.15, 0.2) is 48.6 Å². The van der Waals surface area contributed by atoms with Crippen molar-refractivity contribution in [1.29, 1.82) is 0 Å². The van der Waals surface area contributed by atoms with E-state index in [0.29, 0.717) is 25.7 Å². The maximum absolute atomic E-state index is 11.6. The van der Waals surface area contributed by atoms with Gasteiger partial charge in [0.15, 0.2) is 12.1 Å². The average Bonchev–Trinajstić information content (AvgIpc) is 2.56. The summed E-state index contributed by atoms with van der Waals surface area (Å²) < 4.78 is 0. The normalized spacial score (nSPS) is 13.7. The minimum absolute atomic E-state index is 0.0191. The van der Waals surface area contributed by atoms with Crippen molar-refractivity contribution in [3.8, 4) is 0 Å². The highest BCUT2D eigenvalue weighted by atomic mass is 16.5. The minimum Gasteiger partial charge on any atom is -0.481 e. The zero-order chi connectivity index (χ0) is 19.6. The smallest absolute Gasteiger partial charge is 0.303 e. The molecule has 6 nitrogen and oxygen atoms in total. The van der Waals surface area contributed by atoms with Crippen molar-refractivity contribution in [3.63, 3.8) is 0 Å². The highest BCUT2D eigenvalue weighted by Crippen LogP contribution is 2.04. The summed E-state index contributed by atoms with van der Waals surface area (Å²) in [5.74, 6) is -0.887. The Hall–Kier alpha value is -2.02. The van der Waals surface area contributed by atoms with Crippen LogP contribution in [0.2, 0.25) is 0 Å². The van der Waals surface area contributed by atoms with Gasteiger partial charge in [-0.05, 0) is 44.6 Å². The molecule has 0 aromatic carbocycles. The molecule has 1 atom stereocenters. The van der Waals surface area contributed by atoms with Gasteiger partial charge in [0.1, 0.15) is 0 Å². The summed E-state index contributed by atoms with van der Waals surface area (Å²) in [7, 11) is 0. The van der Waals surface area contributed by atoms with Gasteiger partial charge in [0, 0.05) is 12.8 Å². The Labute approximate surface area is 154 Å². The number of aliphatic hydroxyl groups is 3. The van der Waals surface area contributed by atoms with Crippen molar-refractivity contribution in [2.45, 2.75) is 63.8 Å². The number of carbonyl (C=O) groups is 2. The quantitative estimate of drug-likeness (QED) is 0.116. The van der Waals surface area contributed by atoms with Crippen molar-refractivity contribution in [1.82, 2.24) is 0 Å². The summed E-state index contributed by atoms with van der Waals surface area (Å²) in [6.45, 7) is 0. The van der Waals surface area contributed by atoms with Gasteiger partial charge in [-0.15, -0.1) is 0 Å². The zero-order valence-corrected chi connectivity index (χ0v) is 15.0. The Bertz CT molecular complexity index is 502. The van der Waals surface area contributed by atoms with Crippen molar-refractivity contribution >= 4 is 11.8 Å². The standard InChI is InChI=1S/C20H30O6/c21-17(11-6-2-1-3-9-15-19(23)24)12-7-4-5-8-13-18(22)14-10-16-20(25)26/h2,4-8,12-13,18-19,22-24H,1,3,9-11,14-16H2,(H,25,26)/b5-4+,6-2-,12-7+,13-8-/t18-/m0/s1. The first-order valence-corrected chi connectivity index (χ1v) is 8.87. The predicted molar refractivity (Wildman–Crippen MR) is 100 cm³/mol. The van der Waals surface area contributed by atoms with Gasteiger partial charge in [-0.25, -0.2) is 0 Å². The fourth-order valence-corrected chi connectivity index (χ4v) is 2.02. The second-order valence-electron chi connectivity index (χ2n) is 5.89. The molecule has 4 N–H and O–H groups in total. The average molecular weight is 366 g/mol. The van der Waals surface area contributed by atoms with Gasteiger partial charge in [0.2, 0.25) is 0 Å². The first kappa shape index (κ1) is 24.0. The van der Waals surface area contributed by atoms with Gasteiger partial charge >= 0.3 is 5.97 Å². The third-order valence-electron chi connectivity index (χ3n) is 3.41. The van der Waals surface area contributed by atoms with Crippen LogP contribution in [0.1, 0.15) is 51.4 Å². The van der Waals surface area contributed by atoms with E-state index in [1.54, 1.807) is 36.5 Å². The van der Waals surface area contributed by atoms with Gasteiger partial charge < -0.3 is 20.4 Å². The maximum Gasteiger partial charge on any atom is 0.303 e. The molecule has 0 saturated heterocycles. The molecule has 0 aromatic rings. The second kappa shape index (κ2) is 16.4. The monoisotopic (exact) mass is 366 g/mol. The molecule has 0 aliphatic heterocycles. The van der Waals surface area contributed by atoms with E-state index in [1.165, 1.54) is 6.08 Å². The summed E-state index contributed by atoms with van der Waals surface area (Å²) in [4.78, 5) is 21.9. The number of carboxylic acid groups (broad SMARTS) is 1. The highest BCUT2D eigenvalue weighted by Gasteiger charge is 2.01. The number of hydrogen-bond donors (Lipinski definition) is 4. The molecule has 0 aliphatic rings. The lowest BCUT2D eigenvalue weighted by Gasteiger charge is -2.02. The fraction of sp³-hybridized carbons (Fsp3) is 0.500. The Balaban J connectivity index is 3.81. The molecule has 0 radical (unpaired) electrons. The number of rotatable bonds is 15. The Morgan fingerprint density at radius 1 is 0.846 bits per heavy atom. The molecule has 6 heteroatoms. The lowest BCUT2D eigenvalue weighted by Crippen LogP contribution is -2.03. The molecule has 0 aromatic heterocycles. The zero-order valence-electron chi connectivity index (χ0n) is 15.0. The van der Waals surface area contributed by atoms with Crippen LogP contribution in [0.3, 0.4) is 0 Å². The molecular formula is C20H30O6. The molecular weight excluding hydrogens is 336 g/mol. The molecule has 0 amide bonds. The van der Waals surface area contributed by atoms with Crippen molar-refractivity contribution in [2.75, 3.05) is 0 Å². The van der Waals surface area contributed by atoms with E-state index in [0.717, 1.165) is 19.3 Å². The topological polar surface area (TPSA) is 115 Å². The summed E-state index contributed by atoms with van der Waals surface area (Å²) in [6, 6.07) is 0.